The zero-order valence-electron chi connectivity index (χ0n) is 25.4. The Hall–Kier alpha value is -0.601. The van der Waals surface area contributed by atoms with Crippen molar-refractivity contribution in [2.24, 2.45) is 11.8 Å². The van der Waals surface area contributed by atoms with Crippen molar-refractivity contribution in [3.05, 3.63) is 10.9 Å². The van der Waals surface area contributed by atoms with Crippen LogP contribution in [-0.2, 0) is 9.53 Å². The Labute approximate surface area is 246 Å². The van der Waals surface area contributed by atoms with Gasteiger partial charge < -0.3 is 0 Å². The van der Waals surface area contributed by atoms with Gasteiger partial charge in [-0.2, -0.15) is 0 Å². The molecule has 0 aromatic carbocycles. The first-order valence-electron chi connectivity index (χ1n) is 16.0. The summed E-state index contributed by atoms with van der Waals surface area (Å²) in [5, 5.41) is 10.3. The van der Waals surface area contributed by atoms with E-state index in [1.165, 1.54) is 61.8 Å². The summed E-state index contributed by atoms with van der Waals surface area (Å²) in [7, 11) is 1.47. The molecule has 3 rings (SSSR count). The molecule has 2 aliphatic rings. The Balaban J connectivity index is 2.12. The number of esters is 1. The van der Waals surface area contributed by atoms with Crippen LogP contribution in [0.25, 0.3) is 0 Å². The number of anilines is 1. The SMILES string of the molecule is CCC[CH2][Sn]([CH2]CCC)([CH2]CCC)[c]1cc(N(C(=O)C2CCC(C)CC2)C2CCC(O)CC2)c(C(=O)OC)s1. The number of aliphatic hydroxyl groups excluding tert-OH is 1. The van der Waals surface area contributed by atoms with E-state index in [-0.39, 0.29) is 29.9 Å². The van der Waals surface area contributed by atoms with Crippen LogP contribution in [0.4, 0.5) is 5.69 Å². The molecule has 0 radical (unpaired) electrons. The number of unbranched alkanes of at least 4 members (excludes halogenated alkanes) is 3. The molecule has 0 atom stereocenters. The Morgan fingerprint density at radius 1 is 0.923 bits per heavy atom. The average Bonchev–Trinajstić information content (AvgIpc) is 3.39. The molecule has 0 aliphatic heterocycles. The van der Waals surface area contributed by atoms with E-state index in [4.69, 9.17) is 4.74 Å². The van der Waals surface area contributed by atoms with Gasteiger partial charge in [0.1, 0.15) is 0 Å². The monoisotopic (exact) mass is 669 g/mol. The van der Waals surface area contributed by atoms with E-state index in [0.717, 1.165) is 44.2 Å². The summed E-state index contributed by atoms with van der Waals surface area (Å²) in [4.78, 5) is 30.4. The van der Waals surface area contributed by atoms with Crippen LogP contribution in [-0.4, -0.2) is 54.6 Å². The molecule has 0 bridgehead atoms. The van der Waals surface area contributed by atoms with Gasteiger partial charge in [0.25, 0.3) is 0 Å². The second kappa shape index (κ2) is 16.1. The molecule has 7 heteroatoms. The summed E-state index contributed by atoms with van der Waals surface area (Å²) >= 11 is -1.15. The number of methoxy groups -OCH3 is 1. The van der Waals surface area contributed by atoms with Crippen LogP contribution in [0.15, 0.2) is 6.07 Å². The maximum absolute atomic E-state index is 14.4. The molecule has 5 nitrogen and oxygen atoms in total. The summed E-state index contributed by atoms with van der Waals surface area (Å²) in [6.45, 7) is 9.16. The number of carbonyl (C=O) groups excluding carboxylic acids is 2. The van der Waals surface area contributed by atoms with Gasteiger partial charge in [0.2, 0.25) is 0 Å². The number of nitrogens with zero attached hydrogens (tertiary/aromatic N) is 1. The molecule has 1 N–H and O–H groups in total. The van der Waals surface area contributed by atoms with E-state index in [2.05, 4.69) is 38.7 Å². The van der Waals surface area contributed by atoms with Crippen molar-refractivity contribution in [2.45, 2.75) is 143 Å². The fourth-order valence-electron chi connectivity index (χ4n) is 6.87. The molecule has 1 amide bonds. The summed E-state index contributed by atoms with van der Waals surface area (Å²) in [5.41, 5.74) is 0.831. The van der Waals surface area contributed by atoms with E-state index in [1.807, 2.05) is 0 Å². The van der Waals surface area contributed by atoms with Gasteiger partial charge in [-0.25, -0.2) is 0 Å². The first-order chi connectivity index (χ1) is 18.8. The number of carbonyl (C=O) groups is 2. The second-order valence-corrected chi connectivity index (χ2v) is 27.7. The standard InChI is InChI=1S/C20H28NO4S.3C4H9.Sn/c1-13-3-5-14(6-4-13)19(23)21(15-7-9-16(22)10-8-15)17-11-12-26-18(17)20(24)25-2;3*1-3-4-2;/h11,13-16,22H,3-10H2,1-2H3;3*1,3-4H2,2H3;. The van der Waals surface area contributed by atoms with Crippen molar-refractivity contribution in [1.82, 2.24) is 0 Å². The normalized spacial score (nSPS) is 23.9. The number of aliphatic hydroxyl groups is 1. The maximum atomic E-state index is 14.4. The van der Waals surface area contributed by atoms with Crippen molar-refractivity contribution >= 4 is 50.2 Å². The van der Waals surface area contributed by atoms with Gasteiger partial charge in [0.05, 0.1) is 0 Å². The fourth-order valence-corrected chi connectivity index (χ4v) is 27.0. The summed E-state index contributed by atoms with van der Waals surface area (Å²) in [6, 6.07) is 2.36. The van der Waals surface area contributed by atoms with Gasteiger partial charge in [-0.15, -0.1) is 0 Å². The third-order valence-corrected chi connectivity index (χ3v) is 28.8. The van der Waals surface area contributed by atoms with Crippen molar-refractivity contribution < 1.29 is 19.4 Å². The van der Waals surface area contributed by atoms with Gasteiger partial charge >= 0.3 is 247 Å². The molecule has 1 heterocycles. The van der Waals surface area contributed by atoms with E-state index in [1.54, 1.807) is 11.3 Å². The number of hydrogen-bond donors (Lipinski definition) is 1. The van der Waals surface area contributed by atoms with Crippen molar-refractivity contribution in [3.8, 4) is 0 Å². The predicted octanol–water partition coefficient (Wildman–Crippen LogP) is 8.05. The molecule has 0 unspecified atom stereocenters. The van der Waals surface area contributed by atoms with Gasteiger partial charge in [-0.05, 0) is 0 Å². The van der Waals surface area contributed by atoms with Gasteiger partial charge in [0.15, 0.2) is 0 Å². The van der Waals surface area contributed by atoms with Crippen LogP contribution >= 0.6 is 11.3 Å². The van der Waals surface area contributed by atoms with Crippen LogP contribution in [0.5, 0.6) is 0 Å². The summed E-state index contributed by atoms with van der Waals surface area (Å²) < 4.78 is 10.8. The molecule has 2 fully saturated rings. The van der Waals surface area contributed by atoms with Crippen molar-refractivity contribution in [3.63, 3.8) is 0 Å². The Bertz CT molecular complexity index is 880. The Kier molecular flexibility index (Phi) is 13.6. The van der Waals surface area contributed by atoms with Gasteiger partial charge in [-0.3, -0.25) is 0 Å². The second-order valence-electron chi connectivity index (χ2n) is 12.5. The van der Waals surface area contributed by atoms with Crippen LogP contribution in [0, 0.1) is 11.8 Å². The minimum absolute atomic E-state index is 0.0236. The molecular formula is C32H55NO4SSn. The number of thiophene rings is 1. The van der Waals surface area contributed by atoms with Crippen LogP contribution < -0.4 is 7.79 Å². The van der Waals surface area contributed by atoms with Crippen LogP contribution in [0.1, 0.15) is 127 Å². The molecule has 2 saturated carbocycles. The molecule has 2 aliphatic carbocycles. The molecule has 1 aromatic rings. The zero-order valence-corrected chi connectivity index (χ0v) is 29.1. The number of rotatable bonds is 14. The summed E-state index contributed by atoms with van der Waals surface area (Å²) in [5.74, 6) is 0.606. The molecule has 0 saturated heterocycles. The zero-order chi connectivity index (χ0) is 28.4. The van der Waals surface area contributed by atoms with Crippen molar-refractivity contribution in [1.29, 1.82) is 0 Å². The van der Waals surface area contributed by atoms with E-state index >= 15 is 0 Å². The van der Waals surface area contributed by atoms with E-state index in [9.17, 15) is 14.7 Å². The average molecular weight is 669 g/mol. The number of amides is 1. The Morgan fingerprint density at radius 3 is 1.95 bits per heavy atom. The molecule has 1 aromatic heterocycles. The Morgan fingerprint density at radius 2 is 1.46 bits per heavy atom. The third-order valence-electron chi connectivity index (χ3n) is 9.53. The predicted molar refractivity (Wildman–Crippen MR) is 167 cm³/mol. The van der Waals surface area contributed by atoms with Crippen molar-refractivity contribution in [2.75, 3.05) is 12.0 Å². The minimum atomic E-state index is -2.83. The fraction of sp³-hybridized carbons (Fsp3) is 0.812. The number of hydrogen-bond acceptors (Lipinski definition) is 5. The molecule has 0 spiro atoms. The first-order valence-corrected chi connectivity index (χ1v) is 24.3. The van der Waals surface area contributed by atoms with Crippen LogP contribution in [0.3, 0.4) is 0 Å². The third kappa shape index (κ3) is 8.47. The van der Waals surface area contributed by atoms with E-state index in [0.29, 0.717) is 23.6 Å². The van der Waals surface area contributed by atoms with Crippen LogP contribution in [0.2, 0.25) is 13.3 Å². The first kappa shape index (κ1) is 32.9. The molecule has 39 heavy (non-hydrogen) atoms. The van der Waals surface area contributed by atoms with E-state index < -0.39 is 18.4 Å². The number of ether oxygens (including phenoxy) is 1. The quantitative estimate of drug-likeness (QED) is 0.161. The van der Waals surface area contributed by atoms with Gasteiger partial charge in [-0.1, -0.05) is 0 Å². The molecular weight excluding hydrogens is 613 g/mol. The van der Waals surface area contributed by atoms with Gasteiger partial charge in [0, 0.05) is 0 Å². The molecule has 222 valence electrons. The summed E-state index contributed by atoms with van der Waals surface area (Å²) in [6.07, 6.45) is 14.2. The topological polar surface area (TPSA) is 66.8 Å².